The topological polar surface area (TPSA) is 47.5 Å². The summed E-state index contributed by atoms with van der Waals surface area (Å²) in [5.74, 6) is 0.304. The fourth-order valence-corrected chi connectivity index (χ4v) is 4.13. The summed E-state index contributed by atoms with van der Waals surface area (Å²) in [7, 11) is 0. The van der Waals surface area contributed by atoms with Crippen LogP contribution in [0.1, 0.15) is 65.2 Å². The zero-order valence-corrected chi connectivity index (χ0v) is 17.6. The molecule has 2 atom stereocenters. The van der Waals surface area contributed by atoms with Gasteiger partial charge in [-0.1, -0.05) is 57.6 Å². The highest BCUT2D eigenvalue weighted by molar-refractivity contribution is 5.68. The fraction of sp³-hybridized carbons (Fsp3) is 0.739. The van der Waals surface area contributed by atoms with Gasteiger partial charge >= 0.3 is 0 Å². The van der Waals surface area contributed by atoms with Crippen LogP contribution in [0.2, 0.25) is 0 Å². The van der Waals surface area contributed by atoms with Gasteiger partial charge in [-0.25, -0.2) is 0 Å². The Kier molecular flexibility index (Phi) is 10.6. The van der Waals surface area contributed by atoms with Gasteiger partial charge in [0.15, 0.2) is 0 Å². The lowest BCUT2D eigenvalue weighted by atomic mass is 9.92. The van der Waals surface area contributed by atoms with E-state index in [2.05, 4.69) is 53.6 Å². The highest BCUT2D eigenvalue weighted by atomic mass is 16.3. The van der Waals surface area contributed by atoms with Crippen molar-refractivity contribution in [1.29, 1.82) is 0 Å². The first kappa shape index (κ1) is 22.0. The molecule has 4 heteroatoms. The number of aliphatic hydroxyl groups excluding tert-OH is 1. The predicted molar refractivity (Wildman–Crippen MR) is 118 cm³/mol. The predicted octanol–water partition coefficient (Wildman–Crippen LogP) is 4.96. The molecular formula is C23H41N3O. The number of hydrogen-bond donors (Lipinski definition) is 3. The first-order valence-corrected chi connectivity index (χ1v) is 11.2. The number of anilines is 2. The second kappa shape index (κ2) is 13.0. The minimum absolute atomic E-state index is 0.258. The summed E-state index contributed by atoms with van der Waals surface area (Å²) < 4.78 is 0. The zero-order valence-electron chi connectivity index (χ0n) is 17.6. The molecule has 0 bridgehead atoms. The molecule has 0 aromatic heterocycles. The van der Waals surface area contributed by atoms with Crippen molar-refractivity contribution >= 4 is 11.4 Å². The van der Waals surface area contributed by atoms with E-state index in [1.165, 1.54) is 51.5 Å². The Balaban J connectivity index is 1.74. The van der Waals surface area contributed by atoms with Gasteiger partial charge in [-0.2, -0.15) is 0 Å². The summed E-state index contributed by atoms with van der Waals surface area (Å²) in [5.41, 5.74) is 2.31. The maximum Gasteiger partial charge on any atom is 0.0578 e. The molecule has 1 fully saturated rings. The number of aliphatic hydroxyl groups is 1. The second-order valence-corrected chi connectivity index (χ2v) is 7.98. The zero-order chi connectivity index (χ0) is 19.3. The molecule has 0 radical (unpaired) electrons. The molecule has 1 heterocycles. The summed E-state index contributed by atoms with van der Waals surface area (Å²) in [6, 6.07) is 8.75. The molecule has 0 saturated carbocycles. The van der Waals surface area contributed by atoms with Gasteiger partial charge in [0.1, 0.15) is 0 Å². The Morgan fingerprint density at radius 2 is 1.70 bits per heavy atom. The van der Waals surface area contributed by atoms with Gasteiger partial charge < -0.3 is 20.6 Å². The van der Waals surface area contributed by atoms with E-state index in [0.717, 1.165) is 37.4 Å². The number of hydrogen-bond acceptors (Lipinski definition) is 4. The number of nitrogens with one attached hydrogen (secondary N) is 2. The Labute approximate surface area is 166 Å². The van der Waals surface area contributed by atoms with Crippen LogP contribution >= 0.6 is 0 Å². The molecule has 0 spiro atoms. The van der Waals surface area contributed by atoms with Crippen molar-refractivity contribution in [3.05, 3.63) is 24.3 Å². The van der Waals surface area contributed by atoms with E-state index in [1.54, 1.807) is 0 Å². The van der Waals surface area contributed by atoms with Crippen LogP contribution in [0.15, 0.2) is 24.3 Å². The van der Waals surface area contributed by atoms with Crippen LogP contribution < -0.4 is 10.6 Å². The van der Waals surface area contributed by atoms with Crippen LogP contribution in [-0.4, -0.2) is 48.8 Å². The van der Waals surface area contributed by atoms with Crippen LogP contribution in [0, 0.1) is 5.92 Å². The monoisotopic (exact) mass is 375 g/mol. The van der Waals surface area contributed by atoms with Gasteiger partial charge in [0.25, 0.3) is 0 Å². The average Bonchev–Trinajstić information content (AvgIpc) is 2.70. The third-order valence-corrected chi connectivity index (χ3v) is 5.77. The average molecular weight is 376 g/mol. The van der Waals surface area contributed by atoms with Crippen molar-refractivity contribution in [2.75, 3.05) is 43.4 Å². The highest BCUT2D eigenvalue weighted by Crippen LogP contribution is 2.26. The maximum atomic E-state index is 9.94. The Bertz CT molecular complexity index is 508. The van der Waals surface area contributed by atoms with Crippen LogP contribution in [0.25, 0.3) is 0 Å². The quantitative estimate of drug-likeness (QED) is 0.426. The van der Waals surface area contributed by atoms with Crippen molar-refractivity contribution in [3.8, 4) is 0 Å². The van der Waals surface area contributed by atoms with Crippen molar-refractivity contribution in [1.82, 2.24) is 4.90 Å². The molecule has 0 aliphatic carbocycles. The van der Waals surface area contributed by atoms with Gasteiger partial charge in [-0.15, -0.1) is 0 Å². The SMILES string of the molecule is CCCCCCCCCN1CCC(Nc2ccccc2NCC)[C@H](CO)C1. The van der Waals surface area contributed by atoms with Crippen LogP contribution in [-0.2, 0) is 0 Å². The number of rotatable bonds is 13. The van der Waals surface area contributed by atoms with E-state index in [-0.39, 0.29) is 6.61 Å². The number of unbranched alkanes of at least 4 members (excludes halogenated alkanes) is 6. The van der Waals surface area contributed by atoms with E-state index in [9.17, 15) is 5.11 Å². The van der Waals surface area contributed by atoms with E-state index in [4.69, 9.17) is 0 Å². The lowest BCUT2D eigenvalue weighted by molar-refractivity contribution is 0.109. The van der Waals surface area contributed by atoms with E-state index in [0.29, 0.717) is 12.0 Å². The molecule has 4 nitrogen and oxygen atoms in total. The minimum atomic E-state index is 0.258. The molecule has 1 unspecified atom stereocenters. The first-order valence-electron chi connectivity index (χ1n) is 11.2. The number of nitrogens with zero attached hydrogens (tertiary/aromatic N) is 1. The van der Waals surface area contributed by atoms with Gasteiger partial charge in [0.2, 0.25) is 0 Å². The molecule has 1 saturated heterocycles. The third kappa shape index (κ3) is 7.71. The largest absolute Gasteiger partial charge is 0.396 e. The van der Waals surface area contributed by atoms with Gasteiger partial charge in [0, 0.05) is 38.2 Å². The Hall–Kier alpha value is -1.26. The molecule has 1 aromatic carbocycles. The number of para-hydroxylation sites is 2. The maximum absolute atomic E-state index is 9.94. The lowest BCUT2D eigenvalue weighted by Gasteiger charge is -2.39. The molecule has 1 aliphatic rings. The Morgan fingerprint density at radius 3 is 2.41 bits per heavy atom. The standard InChI is InChI=1S/C23H41N3O/c1-3-5-6-7-8-9-12-16-26-17-15-21(20(18-26)19-27)25-23-14-11-10-13-22(23)24-4-2/h10-11,13-14,20-21,24-25,27H,3-9,12,15-19H2,1-2H3/t20-,21?/m0/s1. The molecule has 1 aromatic rings. The van der Waals surface area contributed by atoms with E-state index < -0.39 is 0 Å². The van der Waals surface area contributed by atoms with Gasteiger partial charge in [0.05, 0.1) is 11.4 Å². The summed E-state index contributed by atoms with van der Waals surface area (Å²) in [4.78, 5) is 2.56. The van der Waals surface area contributed by atoms with Gasteiger partial charge in [-0.3, -0.25) is 0 Å². The smallest absolute Gasteiger partial charge is 0.0578 e. The molecule has 2 rings (SSSR count). The van der Waals surface area contributed by atoms with E-state index in [1.807, 2.05) is 0 Å². The van der Waals surface area contributed by atoms with Crippen LogP contribution in [0.4, 0.5) is 11.4 Å². The Morgan fingerprint density at radius 1 is 1.00 bits per heavy atom. The summed E-state index contributed by atoms with van der Waals surface area (Å²) in [6.45, 7) is 8.89. The minimum Gasteiger partial charge on any atom is -0.396 e. The molecule has 154 valence electrons. The summed E-state index contributed by atoms with van der Waals surface area (Å²) in [6.07, 6.45) is 10.6. The third-order valence-electron chi connectivity index (χ3n) is 5.77. The number of likely N-dealkylation sites (tertiary alicyclic amines) is 1. The normalized spacial score (nSPS) is 20.6. The lowest BCUT2D eigenvalue weighted by Crippen LogP contribution is -2.48. The first-order chi connectivity index (χ1) is 13.3. The molecule has 0 amide bonds. The van der Waals surface area contributed by atoms with Crippen molar-refractivity contribution < 1.29 is 5.11 Å². The van der Waals surface area contributed by atoms with Gasteiger partial charge in [-0.05, 0) is 38.4 Å². The fourth-order valence-electron chi connectivity index (χ4n) is 4.13. The van der Waals surface area contributed by atoms with Crippen molar-refractivity contribution in [2.45, 2.75) is 71.3 Å². The highest BCUT2D eigenvalue weighted by Gasteiger charge is 2.28. The van der Waals surface area contributed by atoms with Crippen molar-refractivity contribution in [3.63, 3.8) is 0 Å². The van der Waals surface area contributed by atoms with Crippen LogP contribution in [0.3, 0.4) is 0 Å². The molecular weight excluding hydrogens is 334 g/mol. The summed E-state index contributed by atoms with van der Waals surface area (Å²) in [5, 5.41) is 17.1. The number of benzene rings is 1. The summed E-state index contributed by atoms with van der Waals surface area (Å²) >= 11 is 0. The molecule has 1 aliphatic heterocycles. The molecule has 3 N–H and O–H groups in total. The second-order valence-electron chi connectivity index (χ2n) is 7.98. The van der Waals surface area contributed by atoms with Crippen LogP contribution in [0.5, 0.6) is 0 Å². The number of piperidine rings is 1. The molecule has 27 heavy (non-hydrogen) atoms. The van der Waals surface area contributed by atoms with E-state index >= 15 is 0 Å². The van der Waals surface area contributed by atoms with Crippen molar-refractivity contribution in [2.24, 2.45) is 5.92 Å².